The molecular weight excluding hydrogens is 288 g/mol. The van der Waals surface area contributed by atoms with E-state index in [0.717, 1.165) is 38.0 Å². The molecule has 1 aromatic carbocycles. The Labute approximate surface area is 131 Å². The summed E-state index contributed by atoms with van der Waals surface area (Å²) in [4.78, 5) is 14.5. The summed E-state index contributed by atoms with van der Waals surface area (Å²) < 4.78 is 5.52. The van der Waals surface area contributed by atoms with Crippen molar-refractivity contribution in [3.8, 4) is 5.75 Å². The second-order valence-electron chi connectivity index (χ2n) is 5.58. The minimum Gasteiger partial charge on any atom is -0.492 e. The highest BCUT2D eigenvalue weighted by Crippen LogP contribution is 2.28. The van der Waals surface area contributed by atoms with Crippen LogP contribution in [0, 0.1) is 5.92 Å². The smallest absolute Gasteiger partial charge is 0.228 e. The molecule has 1 saturated heterocycles. The van der Waals surface area contributed by atoms with Crippen molar-refractivity contribution in [2.75, 3.05) is 32.1 Å². The minimum atomic E-state index is 0.0542. The van der Waals surface area contributed by atoms with Gasteiger partial charge in [-0.2, -0.15) is 0 Å². The second kappa shape index (κ2) is 7.66. The third-order valence-electron chi connectivity index (χ3n) is 3.66. The van der Waals surface area contributed by atoms with E-state index in [2.05, 4.69) is 17.3 Å². The zero-order chi connectivity index (χ0) is 15.2. The molecule has 1 N–H and O–H groups in total. The first-order valence-electron chi connectivity index (χ1n) is 7.52. The van der Waals surface area contributed by atoms with Crippen LogP contribution in [0.2, 0.25) is 5.02 Å². The fourth-order valence-electron chi connectivity index (χ4n) is 2.53. The number of hydrogen-bond acceptors (Lipinski definition) is 3. The van der Waals surface area contributed by atoms with E-state index in [9.17, 15) is 4.79 Å². The van der Waals surface area contributed by atoms with Crippen molar-refractivity contribution in [2.24, 2.45) is 5.92 Å². The van der Waals surface area contributed by atoms with Gasteiger partial charge < -0.3 is 15.0 Å². The largest absolute Gasteiger partial charge is 0.492 e. The maximum atomic E-state index is 12.3. The lowest BCUT2D eigenvalue weighted by molar-refractivity contribution is -0.121. The summed E-state index contributed by atoms with van der Waals surface area (Å²) in [5, 5.41) is 3.48. The number of anilines is 1. The van der Waals surface area contributed by atoms with Crippen LogP contribution >= 0.6 is 11.6 Å². The summed E-state index contributed by atoms with van der Waals surface area (Å²) in [5.41, 5.74) is 0.724. The molecule has 5 heteroatoms. The van der Waals surface area contributed by atoms with Crippen molar-refractivity contribution in [1.82, 2.24) is 4.90 Å². The number of rotatable bonds is 5. The number of amides is 1. The number of ether oxygens (including phenoxy) is 1. The first kappa shape index (κ1) is 16.1. The van der Waals surface area contributed by atoms with Gasteiger partial charge in [-0.05, 0) is 51.1 Å². The fraction of sp³-hybridized carbons (Fsp3) is 0.562. The van der Waals surface area contributed by atoms with Crippen molar-refractivity contribution in [1.29, 1.82) is 0 Å². The number of hydrogen-bond donors (Lipinski definition) is 1. The summed E-state index contributed by atoms with van der Waals surface area (Å²) in [6.07, 6.45) is 2.95. The van der Waals surface area contributed by atoms with Gasteiger partial charge in [0.15, 0.2) is 0 Å². The zero-order valence-electron chi connectivity index (χ0n) is 12.7. The summed E-state index contributed by atoms with van der Waals surface area (Å²) in [6, 6.07) is 5.39. The lowest BCUT2D eigenvalue weighted by atomic mass is 9.97. The Kier molecular flexibility index (Phi) is 5.88. The standard InChI is InChI=1S/C16H23ClN2O2/c1-3-9-21-15-7-6-13(10-14(15)17)18-16(20)12-5-4-8-19(2)11-12/h6-7,10,12H,3-5,8-9,11H2,1-2H3,(H,18,20). The molecule has 0 spiro atoms. The monoisotopic (exact) mass is 310 g/mol. The number of carbonyl (C=O) groups excluding carboxylic acids is 1. The predicted octanol–water partition coefficient (Wildman–Crippen LogP) is 3.41. The first-order valence-corrected chi connectivity index (χ1v) is 7.89. The van der Waals surface area contributed by atoms with E-state index in [1.807, 2.05) is 13.0 Å². The van der Waals surface area contributed by atoms with Gasteiger partial charge in [0.2, 0.25) is 5.91 Å². The lowest BCUT2D eigenvalue weighted by Gasteiger charge is -2.28. The molecule has 21 heavy (non-hydrogen) atoms. The van der Waals surface area contributed by atoms with E-state index < -0.39 is 0 Å². The molecule has 1 fully saturated rings. The second-order valence-corrected chi connectivity index (χ2v) is 5.99. The molecule has 0 bridgehead atoms. The number of piperidine rings is 1. The van der Waals surface area contributed by atoms with Crippen molar-refractivity contribution in [3.05, 3.63) is 23.2 Å². The molecule has 1 aliphatic rings. The summed E-state index contributed by atoms with van der Waals surface area (Å²) >= 11 is 6.17. The first-order chi connectivity index (χ1) is 10.1. The van der Waals surface area contributed by atoms with Gasteiger partial charge in [0.05, 0.1) is 17.5 Å². The van der Waals surface area contributed by atoms with Gasteiger partial charge in [0.1, 0.15) is 5.75 Å². The van der Waals surface area contributed by atoms with Gasteiger partial charge in [0, 0.05) is 12.2 Å². The Bertz CT molecular complexity index is 493. The molecule has 0 aromatic heterocycles. The molecule has 1 aromatic rings. The molecule has 0 aliphatic carbocycles. The number of benzene rings is 1. The molecule has 1 atom stereocenters. The highest BCUT2D eigenvalue weighted by Gasteiger charge is 2.24. The van der Waals surface area contributed by atoms with Crippen molar-refractivity contribution in [2.45, 2.75) is 26.2 Å². The van der Waals surface area contributed by atoms with Crippen LogP contribution in [0.3, 0.4) is 0 Å². The van der Waals surface area contributed by atoms with Crippen molar-refractivity contribution >= 4 is 23.2 Å². The molecule has 0 saturated carbocycles. The summed E-state index contributed by atoms with van der Waals surface area (Å²) in [7, 11) is 2.05. The van der Waals surface area contributed by atoms with Crippen LogP contribution in [0.4, 0.5) is 5.69 Å². The van der Waals surface area contributed by atoms with E-state index in [1.165, 1.54) is 0 Å². The van der Waals surface area contributed by atoms with E-state index >= 15 is 0 Å². The topological polar surface area (TPSA) is 41.6 Å². The maximum Gasteiger partial charge on any atom is 0.228 e. The molecule has 1 unspecified atom stereocenters. The van der Waals surface area contributed by atoms with Gasteiger partial charge in [-0.3, -0.25) is 4.79 Å². The Hall–Kier alpha value is -1.26. The van der Waals surface area contributed by atoms with Crippen LogP contribution in [0.15, 0.2) is 18.2 Å². The van der Waals surface area contributed by atoms with Gasteiger partial charge in [-0.15, -0.1) is 0 Å². The van der Waals surface area contributed by atoms with Crippen LogP contribution < -0.4 is 10.1 Å². The fourth-order valence-corrected chi connectivity index (χ4v) is 2.77. The normalized spacial score (nSPS) is 19.3. The van der Waals surface area contributed by atoms with E-state index in [1.54, 1.807) is 12.1 Å². The zero-order valence-corrected chi connectivity index (χ0v) is 13.4. The van der Waals surface area contributed by atoms with Gasteiger partial charge in [-0.25, -0.2) is 0 Å². The van der Waals surface area contributed by atoms with Crippen LogP contribution in [-0.2, 0) is 4.79 Å². The highest BCUT2D eigenvalue weighted by molar-refractivity contribution is 6.32. The van der Waals surface area contributed by atoms with Crippen LogP contribution in [0.1, 0.15) is 26.2 Å². The number of likely N-dealkylation sites (tertiary alicyclic amines) is 1. The number of carbonyl (C=O) groups is 1. The Morgan fingerprint density at radius 2 is 2.33 bits per heavy atom. The van der Waals surface area contributed by atoms with Gasteiger partial charge in [-0.1, -0.05) is 18.5 Å². The summed E-state index contributed by atoms with van der Waals surface area (Å²) in [6.45, 7) is 4.57. The van der Waals surface area contributed by atoms with Crippen LogP contribution in [0.5, 0.6) is 5.75 Å². The molecule has 1 aliphatic heterocycles. The Morgan fingerprint density at radius 1 is 1.52 bits per heavy atom. The maximum absolute atomic E-state index is 12.3. The molecule has 116 valence electrons. The SMILES string of the molecule is CCCOc1ccc(NC(=O)C2CCCN(C)C2)cc1Cl. The third kappa shape index (κ3) is 4.61. The molecular formula is C16H23ClN2O2. The molecule has 1 amide bonds. The van der Waals surface area contributed by atoms with E-state index in [0.29, 0.717) is 17.4 Å². The molecule has 0 radical (unpaired) electrons. The van der Waals surface area contributed by atoms with E-state index in [4.69, 9.17) is 16.3 Å². The van der Waals surface area contributed by atoms with E-state index in [-0.39, 0.29) is 11.8 Å². The van der Waals surface area contributed by atoms with Gasteiger partial charge in [0.25, 0.3) is 0 Å². The molecule has 1 heterocycles. The quantitative estimate of drug-likeness (QED) is 0.906. The Balaban J connectivity index is 1.96. The third-order valence-corrected chi connectivity index (χ3v) is 3.95. The van der Waals surface area contributed by atoms with Crippen molar-refractivity contribution in [3.63, 3.8) is 0 Å². The predicted molar refractivity (Wildman–Crippen MR) is 86.1 cm³/mol. The highest BCUT2D eigenvalue weighted by atomic mass is 35.5. The molecule has 4 nitrogen and oxygen atoms in total. The number of halogens is 1. The van der Waals surface area contributed by atoms with Gasteiger partial charge >= 0.3 is 0 Å². The number of nitrogens with zero attached hydrogens (tertiary/aromatic N) is 1. The number of nitrogens with one attached hydrogen (secondary N) is 1. The summed E-state index contributed by atoms with van der Waals surface area (Å²) in [5.74, 6) is 0.785. The van der Waals surface area contributed by atoms with Crippen LogP contribution in [-0.4, -0.2) is 37.6 Å². The molecule has 2 rings (SSSR count). The van der Waals surface area contributed by atoms with Crippen molar-refractivity contribution < 1.29 is 9.53 Å². The van der Waals surface area contributed by atoms with Crippen LogP contribution in [0.25, 0.3) is 0 Å². The minimum absolute atomic E-state index is 0.0542. The average Bonchev–Trinajstić information content (AvgIpc) is 2.46. The average molecular weight is 311 g/mol. The Morgan fingerprint density at radius 3 is 3.00 bits per heavy atom. The lowest BCUT2D eigenvalue weighted by Crippen LogP contribution is -2.38.